The first-order valence-electron chi connectivity index (χ1n) is 5.79. The van der Waals surface area contributed by atoms with Gasteiger partial charge in [0.05, 0.1) is 12.2 Å². The van der Waals surface area contributed by atoms with Crippen molar-refractivity contribution in [3.05, 3.63) is 24.1 Å². The van der Waals surface area contributed by atoms with E-state index in [0.717, 1.165) is 6.54 Å². The molecule has 0 saturated carbocycles. The molecule has 1 aromatic carbocycles. The number of benzene rings is 1. The molecule has 6 heteroatoms. The number of nitrogen functional groups attached to an aromatic ring is 1. The van der Waals surface area contributed by atoms with E-state index in [4.69, 9.17) is 10.2 Å². The van der Waals surface area contributed by atoms with Crippen LogP contribution in [0, 0.1) is 0 Å². The van der Waals surface area contributed by atoms with Crippen LogP contribution in [0.15, 0.2) is 22.6 Å². The normalized spacial score (nSPS) is 15.9. The van der Waals surface area contributed by atoms with Crippen LogP contribution in [0.25, 0.3) is 11.1 Å². The average Bonchev–Trinajstić information content (AvgIpc) is 2.89. The second-order valence-corrected chi connectivity index (χ2v) is 4.43. The molecule has 0 bridgehead atoms. The van der Waals surface area contributed by atoms with E-state index in [1.807, 2.05) is 12.1 Å². The SMILES string of the molecule is CN1CCN(Cc2nc3c(N)cccc3o2)C1=O. The summed E-state index contributed by atoms with van der Waals surface area (Å²) in [6, 6.07) is 5.43. The first-order valence-corrected chi connectivity index (χ1v) is 5.79. The number of hydrogen-bond donors (Lipinski definition) is 1. The van der Waals surface area contributed by atoms with Gasteiger partial charge in [0.1, 0.15) is 5.52 Å². The number of anilines is 1. The lowest BCUT2D eigenvalue weighted by atomic mass is 10.3. The first kappa shape index (κ1) is 10.9. The zero-order chi connectivity index (χ0) is 12.7. The molecule has 3 rings (SSSR count). The number of likely N-dealkylation sites (N-methyl/N-ethyl adjacent to an activating group) is 1. The third kappa shape index (κ3) is 1.66. The summed E-state index contributed by atoms with van der Waals surface area (Å²) < 4.78 is 5.59. The maximum atomic E-state index is 11.7. The molecule has 1 aliphatic heterocycles. The summed E-state index contributed by atoms with van der Waals surface area (Å²) in [5.74, 6) is 0.520. The lowest BCUT2D eigenvalue weighted by molar-refractivity contribution is 0.193. The van der Waals surface area contributed by atoms with Gasteiger partial charge in [-0.15, -0.1) is 0 Å². The molecule has 1 saturated heterocycles. The van der Waals surface area contributed by atoms with Crippen molar-refractivity contribution in [2.45, 2.75) is 6.54 Å². The maximum Gasteiger partial charge on any atom is 0.320 e. The fraction of sp³-hybridized carbons (Fsp3) is 0.333. The number of aromatic nitrogens is 1. The van der Waals surface area contributed by atoms with E-state index in [0.29, 0.717) is 35.8 Å². The standard InChI is InChI=1S/C12H14N4O2/c1-15-5-6-16(12(15)17)7-10-14-11-8(13)3-2-4-9(11)18-10/h2-4H,5-7,13H2,1H3. The van der Waals surface area contributed by atoms with Crippen molar-refractivity contribution in [3.8, 4) is 0 Å². The Morgan fingerprint density at radius 1 is 1.44 bits per heavy atom. The molecule has 2 aromatic rings. The van der Waals surface area contributed by atoms with Crippen LogP contribution in [0.1, 0.15) is 5.89 Å². The number of rotatable bonds is 2. The Kier molecular flexibility index (Phi) is 2.36. The summed E-state index contributed by atoms with van der Waals surface area (Å²) in [7, 11) is 1.78. The predicted molar refractivity (Wildman–Crippen MR) is 66.9 cm³/mol. The molecular formula is C12H14N4O2. The van der Waals surface area contributed by atoms with Gasteiger partial charge in [-0.3, -0.25) is 0 Å². The Labute approximate surface area is 104 Å². The highest BCUT2D eigenvalue weighted by atomic mass is 16.3. The van der Waals surface area contributed by atoms with E-state index in [1.165, 1.54) is 0 Å². The second-order valence-electron chi connectivity index (χ2n) is 4.43. The van der Waals surface area contributed by atoms with Crippen molar-refractivity contribution in [2.75, 3.05) is 25.9 Å². The Bertz CT molecular complexity index is 607. The summed E-state index contributed by atoms with van der Waals surface area (Å²) >= 11 is 0. The van der Waals surface area contributed by atoms with E-state index in [1.54, 1.807) is 22.9 Å². The quantitative estimate of drug-likeness (QED) is 0.810. The number of urea groups is 1. The molecule has 0 aliphatic carbocycles. The third-order valence-corrected chi connectivity index (χ3v) is 3.12. The molecule has 2 heterocycles. The number of para-hydroxylation sites is 1. The van der Waals surface area contributed by atoms with Gasteiger partial charge in [0.2, 0.25) is 5.89 Å². The minimum Gasteiger partial charge on any atom is -0.439 e. The number of fused-ring (bicyclic) bond motifs is 1. The molecule has 1 aromatic heterocycles. The Morgan fingerprint density at radius 3 is 2.94 bits per heavy atom. The van der Waals surface area contributed by atoms with E-state index < -0.39 is 0 Å². The van der Waals surface area contributed by atoms with Crippen molar-refractivity contribution >= 4 is 22.8 Å². The van der Waals surface area contributed by atoms with Crippen LogP contribution in [-0.4, -0.2) is 41.0 Å². The van der Waals surface area contributed by atoms with Crippen LogP contribution in [0.5, 0.6) is 0 Å². The molecule has 1 aliphatic rings. The van der Waals surface area contributed by atoms with E-state index in [-0.39, 0.29) is 6.03 Å². The number of nitrogens with two attached hydrogens (primary N) is 1. The molecule has 6 nitrogen and oxygen atoms in total. The largest absolute Gasteiger partial charge is 0.439 e. The average molecular weight is 246 g/mol. The van der Waals surface area contributed by atoms with Gasteiger partial charge in [-0.1, -0.05) is 6.07 Å². The van der Waals surface area contributed by atoms with Gasteiger partial charge in [0, 0.05) is 20.1 Å². The lowest BCUT2D eigenvalue weighted by Gasteiger charge is -2.13. The minimum atomic E-state index is 0.00484. The number of carbonyl (C=O) groups excluding carboxylic acids is 1. The van der Waals surface area contributed by atoms with Crippen molar-refractivity contribution < 1.29 is 9.21 Å². The summed E-state index contributed by atoms with van der Waals surface area (Å²) in [6.07, 6.45) is 0. The van der Waals surface area contributed by atoms with Crippen LogP contribution < -0.4 is 5.73 Å². The Morgan fingerprint density at radius 2 is 2.28 bits per heavy atom. The van der Waals surface area contributed by atoms with Gasteiger partial charge in [0.25, 0.3) is 0 Å². The third-order valence-electron chi connectivity index (χ3n) is 3.12. The fourth-order valence-electron chi connectivity index (χ4n) is 2.10. The maximum absolute atomic E-state index is 11.7. The van der Waals surface area contributed by atoms with Crippen molar-refractivity contribution in [1.82, 2.24) is 14.8 Å². The highest BCUT2D eigenvalue weighted by molar-refractivity contribution is 5.85. The zero-order valence-electron chi connectivity index (χ0n) is 10.1. The summed E-state index contributed by atoms with van der Waals surface area (Å²) in [5, 5.41) is 0. The van der Waals surface area contributed by atoms with Crippen LogP contribution in [0.2, 0.25) is 0 Å². The van der Waals surface area contributed by atoms with Crippen molar-refractivity contribution in [3.63, 3.8) is 0 Å². The smallest absolute Gasteiger partial charge is 0.320 e. The second kappa shape index (κ2) is 3.90. The summed E-state index contributed by atoms with van der Waals surface area (Å²) in [4.78, 5) is 19.5. The molecule has 0 unspecified atom stereocenters. The van der Waals surface area contributed by atoms with Crippen LogP contribution in [0.4, 0.5) is 10.5 Å². The highest BCUT2D eigenvalue weighted by Gasteiger charge is 2.26. The lowest BCUT2D eigenvalue weighted by Crippen LogP contribution is -2.29. The molecule has 0 atom stereocenters. The van der Waals surface area contributed by atoms with E-state index in [2.05, 4.69) is 4.98 Å². The molecule has 2 N–H and O–H groups in total. The Hall–Kier alpha value is -2.24. The van der Waals surface area contributed by atoms with Gasteiger partial charge < -0.3 is 20.0 Å². The van der Waals surface area contributed by atoms with Gasteiger partial charge >= 0.3 is 6.03 Å². The summed E-state index contributed by atoms with van der Waals surface area (Å²) in [6.45, 7) is 1.82. The highest BCUT2D eigenvalue weighted by Crippen LogP contribution is 2.22. The molecule has 0 radical (unpaired) electrons. The number of nitrogens with zero attached hydrogens (tertiary/aromatic N) is 3. The number of carbonyl (C=O) groups is 1. The molecule has 2 amide bonds. The topological polar surface area (TPSA) is 75.6 Å². The zero-order valence-corrected chi connectivity index (χ0v) is 10.1. The van der Waals surface area contributed by atoms with Crippen LogP contribution in [0.3, 0.4) is 0 Å². The molecule has 94 valence electrons. The fourth-order valence-corrected chi connectivity index (χ4v) is 2.10. The van der Waals surface area contributed by atoms with Crippen LogP contribution in [-0.2, 0) is 6.54 Å². The van der Waals surface area contributed by atoms with E-state index in [9.17, 15) is 4.79 Å². The molecule has 1 fully saturated rings. The number of oxazole rings is 1. The van der Waals surface area contributed by atoms with Gasteiger partial charge in [-0.25, -0.2) is 9.78 Å². The summed E-state index contributed by atoms with van der Waals surface area (Å²) in [5.41, 5.74) is 7.72. The monoisotopic (exact) mass is 246 g/mol. The predicted octanol–water partition coefficient (Wildman–Crippen LogP) is 1.28. The minimum absolute atomic E-state index is 0.00484. The van der Waals surface area contributed by atoms with Crippen LogP contribution >= 0.6 is 0 Å². The first-order chi connectivity index (χ1) is 8.65. The molecule has 0 spiro atoms. The van der Waals surface area contributed by atoms with Gasteiger partial charge in [-0.2, -0.15) is 0 Å². The number of hydrogen-bond acceptors (Lipinski definition) is 4. The Balaban J connectivity index is 1.87. The van der Waals surface area contributed by atoms with E-state index >= 15 is 0 Å². The molecular weight excluding hydrogens is 232 g/mol. The van der Waals surface area contributed by atoms with Gasteiger partial charge in [0.15, 0.2) is 5.58 Å². The van der Waals surface area contributed by atoms with Gasteiger partial charge in [-0.05, 0) is 12.1 Å². The number of amides is 2. The van der Waals surface area contributed by atoms with Crippen molar-refractivity contribution in [1.29, 1.82) is 0 Å². The van der Waals surface area contributed by atoms with Crippen molar-refractivity contribution in [2.24, 2.45) is 0 Å². The molecule has 18 heavy (non-hydrogen) atoms.